The number of benzene rings is 3. The van der Waals surface area contributed by atoms with Crippen LogP contribution in [-0.4, -0.2) is 91.1 Å². The number of piperazine rings is 1. The molecule has 3 aromatic carbocycles. The van der Waals surface area contributed by atoms with Gasteiger partial charge in [-0.3, -0.25) is 24.4 Å². The molecule has 1 aliphatic rings. The van der Waals surface area contributed by atoms with Crippen molar-refractivity contribution in [3.8, 4) is 11.8 Å². The third kappa shape index (κ3) is 9.38. The van der Waals surface area contributed by atoms with E-state index in [0.29, 0.717) is 52.9 Å². The lowest BCUT2D eigenvalue weighted by Gasteiger charge is -2.27. The highest BCUT2D eigenvalue weighted by molar-refractivity contribution is 7.90. The van der Waals surface area contributed by atoms with Crippen molar-refractivity contribution in [2.24, 2.45) is 0 Å². The van der Waals surface area contributed by atoms with Gasteiger partial charge in [-0.05, 0) is 85.5 Å². The number of carbonyl (C=O) groups excluding carboxylic acids is 2. The standard InChI is InChI=1S/C38H40N8O5S/c1-26-44-34-21-28(7-12-33(34)38(49)45-26)25-52(50,51)35-13-11-32(37(48)40-14-2-3-29-23-42-43-24-29)22-31(35)10-6-27-4-8-30(9-5-27)36(47)41-17-20-46-18-15-39-16-19-46/h4-5,7-9,11-13,21-24,39H,2-3,14-20,25H2,1H3,(H,40,48)(H,41,47)(H,42,43)(H,44,45,49). The number of H-pyrrole nitrogens is 2. The molecule has 268 valence electrons. The smallest absolute Gasteiger partial charge is 0.258 e. The monoisotopic (exact) mass is 720 g/mol. The van der Waals surface area contributed by atoms with Crippen molar-refractivity contribution in [2.45, 2.75) is 30.4 Å². The molecule has 5 N–H and O–H groups in total. The Morgan fingerprint density at radius 2 is 1.65 bits per heavy atom. The second-order valence-electron chi connectivity index (χ2n) is 12.6. The van der Waals surface area contributed by atoms with Crippen molar-refractivity contribution in [1.29, 1.82) is 0 Å². The van der Waals surface area contributed by atoms with Gasteiger partial charge in [0.25, 0.3) is 17.4 Å². The summed E-state index contributed by atoms with van der Waals surface area (Å²) < 4.78 is 27.8. The molecule has 0 saturated carbocycles. The largest absolute Gasteiger partial charge is 0.352 e. The molecule has 0 bridgehead atoms. The minimum Gasteiger partial charge on any atom is -0.352 e. The van der Waals surface area contributed by atoms with Crippen LogP contribution in [0.4, 0.5) is 0 Å². The number of aryl methyl sites for hydroxylation is 2. The van der Waals surface area contributed by atoms with E-state index in [-0.39, 0.29) is 39.1 Å². The number of hydrogen-bond donors (Lipinski definition) is 5. The molecule has 0 atom stereocenters. The maximum absolute atomic E-state index is 13.9. The summed E-state index contributed by atoms with van der Waals surface area (Å²) in [7, 11) is -3.98. The quantitative estimate of drug-likeness (QED) is 0.0955. The van der Waals surface area contributed by atoms with E-state index in [1.807, 2.05) is 0 Å². The van der Waals surface area contributed by atoms with Crippen molar-refractivity contribution >= 4 is 32.6 Å². The van der Waals surface area contributed by atoms with Gasteiger partial charge in [0.15, 0.2) is 9.84 Å². The fraction of sp³-hybridized carbons (Fsp3) is 0.289. The maximum Gasteiger partial charge on any atom is 0.258 e. The number of fused-ring (bicyclic) bond motifs is 1. The zero-order valence-corrected chi connectivity index (χ0v) is 29.6. The van der Waals surface area contributed by atoms with Crippen LogP contribution in [0.5, 0.6) is 0 Å². The minimum atomic E-state index is -3.98. The Hall–Kier alpha value is -5.62. The van der Waals surface area contributed by atoms with Crippen LogP contribution in [0.1, 0.15) is 55.2 Å². The molecule has 0 radical (unpaired) electrons. The summed E-state index contributed by atoms with van der Waals surface area (Å²) in [4.78, 5) is 47.5. The summed E-state index contributed by atoms with van der Waals surface area (Å²) in [5.74, 6) is 5.50. The summed E-state index contributed by atoms with van der Waals surface area (Å²) in [6.45, 7) is 7.19. The molecule has 6 rings (SSSR count). The summed E-state index contributed by atoms with van der Waals surface area (Å²) in [5.41, 5.74) is 3.06. The Morgan fingerprint density at radius 1 is 0.904 bits per heavy atom. The minimum absolute atomic E-state index is 0.0351. The van der Waals surface area contributed by atoms with Crippen molar-refractivity contribution < 1.29 is 18.0 Å². The number of sulfone groups is 1. The molecule has 2 amide bonds. The van der Waals surface area contributed by atoms with Gasteiger partial charge in [0.1, 0.15) is 5.82 Å². The van der Waals surface area contributed by atoms with E-state index in [9.17, 15) is 22.8 Å². The number of carbonyl (C=O) groups is 2. The lowest BCUT2D eigenvalue weighted by molar-refractivity contribution is 0.0941. The number of amides is 2. The topological polar surface area (TPSA) is 182 Å². The molecule has 0 aliphatic carbocycles. The van der Waals surface area contributed by atoms with Crippen LogP contribution < -0.4 is 21.5 Å². The molecule has 1 fully saturated rings. The van der Waals surface area contributed by atoms with Crippen LogP contribution in [0, 0.1) is 18.8 Å². The fourth-order valence-electron chi connectivity index (χ4n) is 5.95. The summed E-state index contributed by atoms with van der Waals surface area (Å²) in [6.07, 6.45) is 4.97. The van der Waals surface area contributed by atoms with Crippen LogP contribution >= 0.6 is 0 Å². The summed E-state index contributed by atoms with van der Waals surface area (Å²) >= 11 is 0. The predicted octanol–water partition coefficient (Wildman–Crippen LogP) is 2.33. The van der Waals surface area contributed by atoms with Crippen LogP contribution in [-0.2, 0) is 22.0 Å². The van der Waals surface area contributed by atoms with Gasteiger partial charge in [0.2, 0.25) is 0 Å². The Bertz CT molecular complexity index is 2290. The van der Waals surface area contributed by atoms with E-state index in [4.69, 9.17) is 0 Å². The highest BCUT2D eigenvalue weighted by Gasteiger charge is 2.21. The fourth-order valence-corrected chi connectivity index (χ4v) is 7.44. The molecule has 1 saturated heterocycles. The number of aromatic nitrogens is 4. The van der Waals surface area contributed by atoms with Crippen LogP contribution in [0.15, 0.2) is 82.7 Å². The van der Waals surface area contributed by atoms with Gasteiger partial charge in [0, 0.05) is 74.3 Å². The van der Waals surface area contributed by atoms with E-state index in [2.05, 4.69) is 52.9 Å². The van der Waals surface area contributed by atoms with Crippen LogP contribution in [0.25, 0.3) is 10.9 Å². The Labute approximate surface area is 301 Å². The third-order valence-electron chi connectivity index (χ3n) is 8.72. The number of nitrogens with zero attached hydrogens (tertiary/aromatic N) is 3. The van der Waals surface area contributed by atoms with Crippen molar-refractivity contribution in [3.63, 3.8) is 0 Å². The Kier molecular flexibility index (Phi) is 11.5. The van der Waals surface area contributed by atoms with Crippen molar-refractivity contribution in [1.82, 2.24) is 41.0 Å². The number of rotatable bonds is 12. The van der Waals surface area contributed by atoms with Gasteiger partial charge in [0.05, 0.1) is 27.7 Å². The maximum atomic E-state index is 13.9. The molecular weight excluding hydrogens is 681 g/mol. The lowest BCUT2D eigenvalue weighted by Crippen LogP contribution is -2.46. The SMILES string of the molecule is Cc1nc2cc(CS(=O)(=O)c3ccc(C(=O)NCCCc4cn[nH]c4)cc3C#Cc3ccc(C(=O)NCCN4CCNCC4)cc3)ccc2c(=O)[nH]1. The molecule has 1 aliphatic heterocycles. The molecule has 13 nitrogen and oxygen atoms in total. The average Bonchev–Trinajstić information content (AvgIpc) is 3.66. The van der Waals surface area contributed by atoms with Gasteiger partial charge >= 0.3 is 0 Å². The second-order valence-corrected chi connectivity index (χ2v) is 14.6. The Balaban J connectivity index is 1.21. The average molecular weight is 721 g/mol. The van der Waals surface area contributed by atoms with E-state index in [0.717, 1.165) is 44.7 Å². The van der Waals surface area contributed by atoms with E-state index >= 15 is 0 Å². The lowest BCUT2D eigenvalue weighted by atomic mass is 10.1. The highest BCUT2D eigenvalue weighted by atomic mass is 32.2. The molecule has 3 heterocycles. The molecule has 52 heavy (non-hydrogen) atoms. The van der Waals surface area contributed by atoms with Gasteiger partial charge < -0.3 is 20.9 Å². The van der Waals surface area contributed by atoms with Crippen molar-refractivity contribution in [3.05, 3.63) is 123 Å². The number of aromatic amines is 2. The first kappa shape index (κ1) is 36.2. The normalized spacial score (nSPS) is 13.3. The highest BCUT2D eigenvalue weighted by Crippen LogP contribution is 2.23. The number of hydrogen-bond acceptors (Lipinski definition) is 9. The van der Waals surface area contributed by atoms with Gasteiger partial charge in [-0.1, -0.05) is 17.9 Å². The molecule has 5 aromatic rings. The predicted molar refractivity (Wildman–Crippen MR) is 198 cm³/mol. The van der Waals surface area contributed by atoms with E-state index in [1.165, 1.54) is 18.2 Å². The van der Waals surface area contributed by atoms with Gasteiger partial charge in [-0.15, -0.1) is 0 Å². The van der Waals surface area contributed by atoms with Gasteiger partial charge in [-0.2, -0.15) is 5.10 Å². The zero-order chi connectivity index (χ0) is 36.5. The molecule has 2 aromatic heterocycles. The summed E-state index contributed by atoms with van der Waals surface area (Å²) in [5, 5.41) is 16.2. The third-order valence-corrected chi connectivity index (χ3v) is 10.5. The first-order chi connectivity index (χ1) is 25.1. The second kappa shape index (κ2) is 16.6. The van der Waals surface area contributed by atoms with Crippen molar-refractivity contribution in [2.75, 3.05) is 45.8 Å². The van der Waals surface area contributed by atoms with E-state index < -0.39 is 9.84 Å². The molecule has 0 spiro atoms. The zero-order valence-electron chi connectivity index (χ0n) is 28.8. The summed E-state index contributed by atoms with van der Waals surface area (Å²) in [6, 6.07) is 15.9. The first-order valence-electron chi connectivity index (χ1n) is 17.1. The number of nitrogens with one attached hydrogen (secondary N) is 5. The van der Waals surface area contributed by atoms with Crippen LogP contribution in [0.3, 0.4) is 0 Å². The first-order valence-corrected chi connectivity index (χ1v) is 18.8. The molecule has 0 unspecified atom stereocenters. The van der Waals surface area contributed by atoms with E-state index in [1.54, 1.807) is 61.8 Å². The molecular formula is C38H40N8O5S. The Morgan fingerprint density at radius 3 is 2.42 bits per heavy atom. The van der Waals surface area contributed by atoms with Gasteiger partial charge in [-0.25, -0.2) is 13.4 Å². The van der Waals surface area contributed by atoms with Crippen LogP contribution in [0.2, 0.25) is 0 Å². The molecule has 14 heteroatoms.